The third kappa shape index (κ3) is 7.10. The zero-order valence-corrected chi connectivity index (χ0v) is 26.3. The number of imidazole rings is 1. The molecule has 11 nitrogen and oxygen atoms in total. The van der Waals surface area contributed by atoms with E-state index in [9.17, 15) is 4.79 Å². The Hall–Kier alpha value is -4.25. The third-order valence-electron chi connectivity index (χ3n) is 8.04. The fraction of sp³-hybridized carbons (Fsp3) is 0.485. The summed E-state index contributed by atoms with van der Waals surface area (Å²) in [5, 5.41) is 0. The van der Waals surface area contributed by atoms with Gasteiger partial charge in [-0.3, -0.25) is 9.88 Å². The normalized spacial score (nSPS) is 15.9. The second-order valence-electron chi connectivity index (χ2n) is 12.9. The van der Waals surface area contributed by atoms with Crippen LogP contribution in [0.1, 0.15) is 50.7 Å². The van der Waals surface area contributed by atoms with Crippen molar-refractivity contribution >= 4 is 22.9 Å². The molecule has 232 valence electrons. The summed E-state index contributed by atoms with van der Waals surface area (Å²) < 4.78 is 11.4. The number of nitrogens with one attached hydrogen (secondary N) is 1. The molecule has 0 atom stereocenters. The summed E-state index contributed by atoms with van der Waals surface area (Å²) in [5.41, 5.74) is 5.20. The predicted molar refractivity (Wildman–Crippen MR) is 170 cm³/mol. The lowest BCUT2D eigenvalue weighted by molar-refractivity contribution is 0.0139. The number of ether oxygens (including phenoxy) is 2. The number of aromatic nitrogens is 5. The van der Waals surface area contributed by atoms with Crippen molar-refractivity contribution in [3.63, 3.8) is 0 Å². The molecule has 1 amide bonds. The van der Waals surface area contributed by atoms with Crippen LogP contribution in [0.2, 0.25) is 0 Å². The van der Waals surface area contributed by atoms with Gasteiger partial charge in [-0.2, -0.15) is 0 Å². The predicted octanol–water partition coefficient (Wildman–Crippen LogP) is 4.91. The number of H-pyrrole nitrogens is 1. The fourth-order valence-electron chi connectivity index (χ4n) is 5.67. The highest BCUT2D eigenvalue weighted by molar-refractivity contribution is 5.84. The molecule has 3 aromatic heterocycles. The smallest absolute Gasteiger partial charge is 0.410 e. The van der Waals surface area contributed by atoms with Crippen LogP contribution in [0.5, 0.6) is 5.75 Å². The Bertz CT molecular complexity index is 1620. The number of amides is 1. The minimum absolute atomic E-state index is 0.237. The second kappa shape index (κ2) is 12.4. The number of benzene rings is 1. The molecule has 4 aromatic rings. The Morgan fingerprint density at radius 2 is 1.86 bits per heavy atom. The van der Waals surface area contributed by atoms with Crippen LogP contribution in [0, 0.1) is 5.92 Å². The maximum absolute atomic E-state index is 12.4. The Labute approximate surface area is 258 Å². The lowest BCUT2D eigenvalue weighted by atomic mass is 10.1. The molecule has 0 bridgehead atoms. The van der Waals surface area contributed by atoms with E-state index in [1.165, 1.54) is 18.4 Å². The second-order valence-corrected chi connectivity index (χ2v) is 12.9. The molecule has 0 spiro atoms. The number of aromatic amines is 1. The zero-order chi connectivity index (χ0) is 30.8. The summed E-state index contributed by atoms with van der Waals surface area (Å²) in [5.74, 6) is 3.08. The van der Waals surface area contributed by atoms with E-state index in [2.05, 4.69) is 55.0 Å². The van der Waals surface area contributed by atoms with Crippen LogP contribution in [0.4, 0.5) is 10.6 Å². The van der Waals surface area contributed by atoms with Crippen molar-refractivity contribution in [1.29, 1.82) is 0 Å². The lowest BCUT2D eigenvalue weighted by Crippen LogP contribution is -2.49. The average molecular weight is 599 g/mol. The SMILES string of the molecule is COc1c(-c2ccc3nc(Cc4cc(CN5CCN(C(=O)OC(C)(C)C)CC5)ccn4)[nH]c3c2)ncnc1N(C)CC1CC1. The number of nitrogens with zero attached hydrogens (tertiary/aromatic N) is 7. The molecule has 2 fully saturated rings. The van der Waals surface area contributed by atoms with E-state index in [-0.39, 0.29) is 6.09 Å². The first-order chi connectivity index (χ1) is 21.1. The number of carbonyl (C=O) groups is 1. The fourth-order valence-corrected chi connectivity index (χ4v) is 5.67. The van der Waals surface area contributed by atoms with E-state index >= 15 is 0 Å². The molecule has 44 heavy (non-hydrogen) atoms. The number of rotatable bonds is 9. The van der Waals surface area contributed by atoms with Gasteiger partial charge in [-0.05, 0) is 69.4 Å². The van der Waals surface area contributed by atoms with Crippen molar-refractivity contribution in [2.24, 2.45) is 5.92 Å². The van der Waals surface area contributed by atoms with Gasteiger partial charge < -0.3 is 24.3 Å². The molecule has 1 saturated heterocycles. The van der Waals surface area contributed by atoms with E-state index in [1.54, 1.807) is 18.3 Å². The highest BCUT2D eigenvalue weighted by Crippen LogP contribution is 2.38. The van der Waals surface area contributed by atoms with Crippen molar-refractivity contribution in [2.45, 2.75) is 52.2 Å². The van der Waals surface area contributed by atoms with Gasteiger partial charge in [0.25, 0.3) is 0 Å². The van der Waals surface area contributed by atoms with Crippen LogP contribution < -0.4 is 9.64 Å². The highest BCUT2D eigenvalue weighted by atomic mass is 16.6. The molecule has 0 unspecified atom stereocenters. The van der Waals surface area contributed by atoms with Gasteiger partial charge in [-0.25, -0.2) is 19.7 Å². The molecule has 4 heterocycles. The van der Waals surface area contributed by atoms with Crippen LogP contribution >= 0.6 is 0 Å². The Balaban J connectivity index is 1.11. The van der Waals surface area contributed by atoms with E-state index < -0.39 is 5.60 Å². The van der Waals surface area contributed by atoms with Crippen LogP contribution in [0.25, 0.3) is 22.3 Å². The molecule has 1 N–H and O–H groups in total. The maximum Gasteiger partial charge on any atom is 0.410 e. The monoisotopic (exact) mass is 598 g/mol. The lowest BCUT2D eigenvalue weighted by Gasteiger charge is -2.35. The average Bonchev–Trinajstić information content (AvgIpc) is 3.72. The topological polar surface area (TPSA) is 113 Å². The van der Waals surface area contributed by atoms with Gasteiger partial charge in [0, 0.05) is 70.2 Å². The van der Waals surface area contributed by atoms with Gasteiger partial charge in [0.15, 0.2) is 11.6 Å². The maximum atomic E-state index is 12.4. The summed E-state index contributed by atoms with van der Waals surface area (Å²) >= 11 is 0. The van der Waals surface area contributed by atoms with E-state index in [0.29, 0.717) is 25.3 Å². The summed E-state index contributed by atoms with van der Waals surface area (Å²) in [6.45, 7) is 10.4. The number of hydrogen-bond donors (Lipinski definition) is 1. The first kappa shape index (κ1) is 29.8. The Morgan fingerprint density at radius 1 is 1.07 bits per heavy atom. The zero-order valence-electron chi connectivity index (χ0n) is 26.3. The standard InChI is InChI=1S/C33H42N8O3/c1-33(2,3)44-32(42)41-14-12-40(13-15-41)20-23-10-11-34-25(16-23)18-28-37-26-9-8-24(17-27(26)38-28)29-30(43-5)31(36-21-35-29)39(4)19-22-6-7-22/h8-11,16-17,21-22H,6-7,12-15,18-20H2,1-5H3,(H,37,38). The molecule has 1 saturated carbocycles. The largest absolute Gasteiger partial charge is 0.491 e. The first-order valence-electron chi connectivity index (χ1n) is 15.4. The van der Waals surface area contributed by atoms with E-state index in [1.807, 2.05) is 39.1 Å². The van der Waals surface area contributed by atoms with E-state index in [0.717, 1.165) is 71.7 Å². The Kier molecular flexibility index (Phi) is 8.40. The summed E-state index contributed by atoms with van der Waals surface area (Å²) in [6, 6.07) is 10.3. The molecule has 6 rings (SSSR count). The van der Waals surface area contributed by atoms with Crippen molar-refractivity contribution in [3.05, 3.63) is 59.9 Å². The molecule has 1 aliphatic carbocycles. The van der Waals surface area contributed by atoms with Gasteiger partial charge in [0.1, 0.15) is 23.4 Å². The minimum atomic E-state index is -0.482. The minimum Gasteiger partial charge on any atom is -0.491 e. The van der Waals surface area contributed by atoms with Crippen LogP contribution in [0.15, 0.2) is 42.9 Å². The van der Waals surface area contributed by atoms with Gasteiger partial charge in [0.2, 0.25) is 0 Å². The number of carbonyl (C=O) groups excluding carboxylic acids is 1. The van der Waals surface area contributed by atoms with Crippen LogP contribution in [0.3, 0.4) is 0 Å². The first-order valence-corrected chi connectivity index (χ1v) is 15.4. The van der Waals surface area contributed by atoms with Crippen molar-refractivity contribution in [2.75, 3.05) is 51.8 Å². The number of hydrogen-bond acceptors (Lipinski definition) is 9. The molecule has 2 aliphatic rings. The van der Waals surface area contributed by atoms with Gasteiger partial charge in [0.05, 0.1) is 18.1 Å². The highest BCUT2D eigenvalue weighted by Gasteiger charge is 2.27. The number of pyridine rings is 1. The van der Waals surface area contributed by atoms with Crippen molar-refractivity contribution in [1.82, 2.24) is 34.7 Å². The molecule has 11 heteroatoms. The van der Waals surface area contributed by atoms with Gasteiger partial charge in [-0.1, -0.05) is 6.07 Å². The summed E-state index contributed by atoms with van der Waals surface area (Å²) in [6.07, 6.45) is 6.38. The number of piperazine rings is 1. The quantitative estimate of drug-likeness (QED) is 0.287. The molecule has 1 aliphatic heterocycles. The third-order valence-corrected chi connectivity index (χ3v) is 8.04. The molecular formula is C33H42N8O3. The van der Waals surface area contributed by atoms with Gasteiger partial charge in [-0.15, -0.1) is 0 Å². The molecule has 0 radical (unpaired) electrons. The van der Waals surface area contributed by atoms with Gasteiger partial charge >= 0.3 is 6.09 Å². The number of methoxy groups -OCH3 is 1. The summed E-state index contributed by atoms with van der Waals surface area (Å²) in [4.78, 5) is 40.8. The van der Waals surface area contributed by atoms with Crippen LogP contribution in [-0.4, -0.2) is 93.3 Å². The molecule has 1 aromatic carbocycles. The Morgan fingerprint density at radius 3 is 2.59 bits per heavy atom. The van der Waals surface area contributed by atoms with Crippen molar-refractivity contribution in [3.8, 4) is 17.0 Å². The van der Waals surface area contributed by atoms with E-state index in [4.69, 9.17) is 14.5 Å². The summed E-state index contributed by atoms with van der Waals surface area (Å²) in [7, 11) is 3.74. The van der Waals surface area contributed by atoms with Crippen LogP contribution in [-0.2, 0) is 17.7 Å². The number of anilines is 1. The molecular weight excluding hydrogens is 556 g/mol. The van der Waals surface area contributed by atoms with Crippen molar-refractivity contribution < 1.29 is 14.3 Å². The number of fused-ring (bicyclic) bond motifs is 1.